The summed E-state index contributed by atoms with van der Waals surface area (Å²) < 4.78 is 2.70. The minimum absolute atomic E-state index is 0.218. The van der Waals surface area contributed by atoms with Gasteiger partial charge in [0, 0.05) is 0 Å². The number of hydrogen-bond donors (Lipinski definition) is 0. The smallest absolute Gasteiger partial charge is 0.221 e. The number of carbonyl (C=O) groups is 1. The molecule has 0 aliphatic carbocycles. The van der Waals surface area contributed by atoms with E-state index in [2.05, 4.69) is 10.4 Å². The molecule has 0 saturated carbocycles. The van der Waals surface area contributed by atoms with E-state index in [0.717, 1.165) is 10.4 Å². The van der Waals surface area contributed by atoms with Crippen molar-refractivity contribution in [2.24, 2.45) is 0 Å². The normalized spacial score (nSPS) is 10.2. The molecule has 0 amide bonds. The lowest BCUT2D eigenvalue weighted by Gasteiger charge is -2.00. The fraction of sp³-hybridized carbons (Fsp3) is 0.111. The van der Waals surface area contributed by atoms with Crippen molar-refractivity contribution in [2.45, 2.75) is 6.54 Å². The van der Waals surface area contributed by atoms with Gasteiger partial charge in [-0.1, -0.05) is 18.2 Å². The first kappa shape index (κ1) is 10.5. The van der Waals surface area contributed by atoms with Crippen LogP contribution in [0.1, 0.15) is 0 Å². The number of tetrazole rings is 1. The molecular formula is C9H7N4O2S-. The number of hydrogen-bond acceptors (Lipinski definition) is 5. The summed E-state index contributed by atoms with van der Waals surface area (Å²) >= 11 is 5.04. The van der Waals surface area contributed by atoms with Gasteiger partial charge >= 0.3 is 0 Å². The number of nitrogens with zero attached hydrogens (tertiary/aromatic N) is 4. The van der Waals surface area contributed by atoms with Crippen LogP contribution in [0.4, 0.5) is 0 Å². The minimum atomic E-state index is -1.25. The number of rotatable bonds is 3. The Morgan fingerprint density at radius 3 is 2.62 bits per heavy atom. The van der Waals surface area contributed by atoms with Crippen LogP contribution in [0.25, 0.3) is 5.69 Å². The van der Waals surface area contributed by atoms with E-state index in [9.17, 15) is 9.90 Å². The molecule has 1 heterocycles. The van der Waals surface area contributed by atoms with E-state index >= 15 is 0 Å². The summed E-state index contributed by atoms with van der Waals surface area (Å²) in [7, 11) is 0. The topological polar surface area (TPSA) is 75.8 Å². The summed E-state index contributed by atoms with van der Waals surface area (Å²) in [6.45, 7) is -0.397. The summed E-state index contributed by atoms with van der Waals surface area (Å²) in [5.74, 6) is -1.25. The molecule has 0 N–H and O–H groups in total. The number of para-hydroxylation sites is 1. The van der Waals surface area contributed by atoms with Crippen LogP contribution in [0.15, 0.2) is 30.3 Å². The van der Waals surface area contributed by atoms with Crippen molar-refractivity contribution in [3.63, 3.8) is 0 Å². The van der Waals surface area contributed by atoms with Crippen LogP contribution in [0.5, 0.6) is 0 Å². The first-order chi connectivity index (χ1) is 7.68. The lowest BCUT2D eigenvalue weighted by molar-refractivity contribution is -0.306. The first-order valence-electron chi connectivity index (χ1n) is 4.46. The molecule has 0 radical (unpaired) electrons. The van der Waals surface area contributed by atoms with Crippen molar-refractivity contribution in [1.82, 2.24) is 19.8 Å². The quantitative estimate of drug-likeness (QED) is 0.673. The SMILES string of the molecule is O=C([O-])Cn1nnn(-c2ccccc2)c1=S. The van der Waals surface area contributed by atoms with Gasteiger partial charge in [-0.3, -0.25) is 0 Å². The third-order valence-corrected chi connectivity index (χ3v) is 2.30. The fourth-order valence-corrected chi connectivity index (χ4v) is 1.47. The third-order valence-electron chi connectivity index (χ3n) is 1.92. The van der Waals surface area contributed by atoms with Gasteiger partial charge in [-0.25, -0.2) is 4.68 Å². The minimum Gasteiger partial charge on any atom is -0.548 e. The maximum atomic E-state index is 10.4. The second-order valence-electron chi connectivity index (χ2n) is 3.04. The summed E-state index contributed by atoms with van der Waals surface area (Å²) in [5, 5.41) is 17.8. The second kappa shape index (κ2) is 4.23. The molecule has 2 aromatic rings. The number of carboxylic acid groups (broad SMARTS) is 1. The van der Waals surface area contributed by atoms with Gasteiger partial charge in [-0.2, -0.15) is 4.68 Å². The molecule has 0 spiro atoms. The zero-order chi connectivity index (χ0) is 11.5. The van der Waals surface area contributed by atoms with Gasteiger partial charge in [0.1, 0.15) is 0 Å². The van der Waals surface area contributed by atoms with Crippen molar-refractivity contribution in [3.8, 4) is 5.69 Å². The molecule has 0 aliphatic rings. The van der Waals surface area contributed by atoms with E-state index in [1.54, 1.807) is 12.1 Å². The Bertz CT molecular complexity index is 560. The highest BCUT2D eigenvalue weighted by Gasteiger charge is 2.04. The molecule has 0 aliphatic heterocycles. The molecular weight excluding hydrogens is 228 g/mol. The number of aliphatic carboxylic acids is 1. The molecule has 1 aromatic heterocycles. The lowest BCUT2D eigenvalue weighted by atomic mass is 10.3. The van der Waals surface area contributed by atoms with Crippen LogP contribution in [0.3, 0.4) is 0 Å². The molecule has 0 unspecified atom stereocenters. The number of aromatic nitrogens is 4. The Kier molecular flexibility index (Phi) is 2.78. The molecule has 16 heavy (non-hydrogen) atoms. The third kappa shape index (κ3) is 1.98. The Labute approximate surface area is 95.7 Å². The molecule has 6 nitrogen and oxygen atoms in total. The van der Waals surface area contributed by atoms with Crippen molar-refractivity contribution >= 4 is 18.2 Å². The summed E-state index contributed by atoms with van der Waals surface area (Å²) in [6.07, 6.45) is 0. The maximum absolute atomic E-state index is 10.4. The van der Waals surface area contributed by atoms with E-state index < -0.39 is 12.5 Å². The molecule has 82 valence electrons. The van der Waals surface area contributed by atoms with Gasteiger partial charge in [-0.05, 0) is 34.8 Å². The fourth-order valence-electron chi connectivity index (χ4n) is 1.23. The molecule has 1 aromatic carbocycles. The Hall–Kier alpha value is -2.02. The predicted octanol–water partition coefficient (Wildman–Crippen LogP) is -0.452. The van der Waals surface area contributed by atoms with Crippen molar-refractivity contribution in [1.29, 1.82) is 0 Å². The highest BCUT2D eigenvalue weighted by molar-refractivity contribution is 7.71. The summed E-state index contributed by atoms with van der Waals surface area (Å²) in [4.78, 5) is 10.4. The lowest BCUT2D eigenvalue weighted by Crippen LogP contribution is -2.28. The van der Waals surface area contributed by atoms with Crippen molar-refractivity contribution in [3.05, 3.63) is 35.1 Å². The van der Waals surface area contributed by atoms with E-state index in [1.807, 2.05) is 18.2 Å². The van der Waals surface area contributed by atoms with Crippen LogP contribution in [0.2, 0.25) is 0 Å². The Morgan fingerprint density at radius 2 is 2.00 bits per heavy atom. The van der Waals surface area contributed by atoms with Crippen LogP contribution in [0, 0.1) is 4.77 Å². The number of carbonyl (C=O) groups excluding carboxylic acids is 1. The Balaban J connectivity index is 2.42. The molecule has 0 fully saturated rings. The van der Waals surface area contributed by atoms with Gasteiger partial charge < -0.3 is 9.90 Å². The first-order valence-corrected chi connectivity index (χ1v) is 4.87. The largest absolute Gasteiger partial charge is 0.548 e. The van der Waals surface area contributed by atoms with E-state index in [-0.39, 0.29) is 4.77 Å². The van der Waals surface area contributed by atoms with E-state index in [4.69, 9.17) is 12.2 Å². The maximum Gasteiger partial charge on any atom is 0.221 e. The van der Waals surface area contributed by atoms with Crippen molar-refractivity contribution in [2.75, 3.05) is 0 Å². The number of carboxylic acids is 1. The predicted molar refractivity (Wildman–Crippen MR) is 55.2 cm³/mol. The van der Waals surface area contributed by atoms with E-state index in [1.165, 1.54) is 4.68 Å². The molecule has 7 heteroatoms. The van der Waals surface area contributed by atoms with Gasteiger partial charge in [0.25, 0.3) is 0 Å². The number of benzene rings is 1. The monoisotopic (exact) mass is 235 g/mol. The van der Waals surface area contributed by atoms with Crippen LogP contribution in [-0.2, 0) is 11.3 Å². The van der Waals surface area contributed by atoms with Gasteiger partial charge in [0.15, 0.2) is 0 Å². The van der Waals surface area contributed by atoms with Crippen LogP contribution >= 0.6 is 12.2 Å². The average Bonchev–Trinajstić information content (AvgIpc) is 2.61. The molecule has 0 saturated heterocycles. The summed E-state index contributed by atoms with van der Waals surface area (Å²) in [6, 6.07) is 9.12. The van der Waals surface area contributed by atoms with Gasteiger partial charge in [0.2, 0.25) is 4.77 Å². The van der Waals surface area contributed by atoms with Crippen molar-refractivity contribution < 1.29 is 9.90 Å². The highest BCUT2D eigenvalue weighted by Crippen LogP contribution is 2.05. The zero-order valence-corrected chi connectivity index (χ0v) is 8.92. The van der Waals surface area contributed by atoms with Crippen LogP contribution < -0.4 is 5.11 Å². The van der Waals surface area contributed by atoms with Crippen LogP contribution in [-0.4, -0.2) is 25.8 Å². The molecule has 0 atom stereocenters. The zero-order valence-electron chi connectivity index (χ0n) is 8.11. The Morgan fingerprint density at radius 1 is 1.31 bits per heavy atom. The highest BCUT2D eigenvalue weighted by atomic mass is 32.1. The van der Waals surface area contributed by atoms with Gasteiger partial charge in [-0.15, -0.1) is 0 Å². The van der Waals surface area contributed by atoms with E-state index in [0.29, 0.717) is 0 Å². The average molecular weight is 235 g/mol. The summed E-state index contributed by atoms with van der Waals surface area (Å²) in [5.41, 5.74) is 0.733. The molecule has 0 bridgehead atoms. The standard InChI is InChI=1S/C9H8N4O2S/c14-8(15)6-12-9(16)13(11-10-12)7-4-2-1-3-5-7/h1-5H,6H2,(H,14,15)/p-1. The second-order valence-corrected chi connectivity index (χ2v) is 3.40. The molecule has 2 rings (SSSR count). The van der Waals surface area contributed by atoms with Gasteiger partial charge in [0.05, 0.1) is 18.2 Å².